The number of nitrogens with zero attached hydrogens (tertiary/aromatic N) is 2. The minimum Gasteiger partial charge on any atom is -0.496 e. The molecule has 1 fully saturated rings. The molecule has 1 saturated heterocycles. The Bertz CT molecular complexity index is 520. The van der Waals surface area contributed by atoms with Crippen LogP contribution in [-0.2, 0) is 4.79 Å². The van der Waals surface area contributed by atoms with Crippen LogP contribution < -0.4 is 9.64 Å². The summed E-state index contributed by atoms with van der Waals surface area (Å²) in [7, 11) is 1.44. The smallest absolute Gasteiger partial charge is 0.296 e. The van der Waals surface area contributed by atoms with E-state index in [4.69, 9.17) is 4.74 Å². The molecule has 1 aromatic rings. The van der Waals surface area contributed by atoms with Gasteiger partial charge in [0.05, 0.1) is 18.1 Å². The highest BCUT2D eigenvalue weighted by Gasteiger charge is 2.33. The van der Waals surface area contributed by atoms with Gasteiger partial charge < -0.3 is 9.64 Å². The van der Waals surface area contributed by atoms with Crippen LogP contribution in [0.15, 0.2) is 18.2 Å². The molecule has 1 heterocycles. The number of hydrogen-bond acceptors (Lipinski definition) is 5. The summed E-state index contributed by atoms with van der Waals surface area (Å²) in [6, 6.07) is 4.50. The Morgan fingerprint density at radius 1 is 1.58 bits per heavy atom. The minimum absolute atomic E-state index is 0.104. The average Bonchev–Trinajstić information content (AvgIpc) is 2.79. The predicted octanol–water partition coefficient (Wildman–Crippen LogP) is 1.89. The Kier molecular flexibility index (Phi) is 3.94. The van der Waals surface area contributed by atoms with E-state index in [1.54, 1.807) is 12.1 Å². The molecule has 102 valence electrons. The van der Waals surface area contributed by atoms with Gasteiger partial charge in [-0.05, 0) is 23.8 Å². The Morgan fingerprint density at radius 2 is 2.32 bits per heavy atom. The van der Waals surface area contributed by atoms with E-state index in [1.165, 1.54) is 18.1 Å². The number of benzene rings is 1. The fourth-order valence-corrected chi connectivity index (χ4v) is 2.39. The summed E-state index contributed by atoms with van der Waals surface area (Å²) in [5, 5.41) is 11.1. The Hall–Kier alpha value is -1.76. The van der Waals surface area contributed by atoms with E-state index >= 15 is 0 Å². The van der Waals surface area contributed by atoms with Crippen LogP contribution in [-0.4, -0.2) is 30.2 Å². The van der Waals surface area contributed by atoms with E-state index in [9.17, 15) is 14.9 Å². The van der Waals surface area contributed by atoms with Crippen molar-refractivity contribution in [1.82, 2.24) is 0 Å². The summed E-state index contributed by atoms with van der Waals surface area (Å²) < 4.78 is 4.97. The van der Waals surface area contributed by atoms with E-state index in [2.05, 4.69) is 12.6 Å². The summed E-state index contributed by atoms with van der Waals surface area (Å²) in [4.78, 5) is 24.0. The third kappa shape index (κ3) is 2.65. The third-order valence-electron chi connectivity index (χ3n) is 3.13. The van der Waals surface area contributed by atoms with Gasteiger partial charge in [0.1, 0.15) is 11.4 Å². The first-order valence-electron chi connectivity index (χ1n) is 5.80. The van der Waals surface area contributed by atoms with Crippen molar-refractivity contribution in [3.05, 3.63) is 28.3 Å². The van der Waals surface area contributed by atoms with Crippen LogP contribution in [0.25, 0.3) is 0 Å². The van der Waals surface area contributed by atoms with Crippen LogP contribution in [0.4, 0.5) is 11.4 Å². The molecular weight excluding hydrogens is 268 g/mol. The van der Waals surface area contributed by atoms with Gasteiger partial charge >= 0.3 is 0 Å². The van der Waals surface area contributed by atoms with Gasteiger partial charge in [0.2, 0.25) is 5.91 Å². The number of carbonyl (C=O) groups excluding carboxylic acids is 1. The fourth-order valence-electron chi connectivity index (χ4n) is 2.14. The van der Waals surface area contributed by atoms with Crippen molar-refractivity contribution < 1.29 is 14.5 Å². The van der Waals surface area contributed by atoms with Crippen LogP contribution in [0.3, 0.4) is 0 Å². The van der Waals surface area contributed by atoms with E-state index in [-0.39, 0.29) is 17.5 Å². The Morgan fingerprint density at radius 3 is 2.84 bits per heavy atom. The average molecular weight is 282 g/mol. The van der Waals surface area contributed by atoms with Gasteiger partial charge in [-0.25, -0.2) is 0 Å². The highest BCUT2D eigenvalue weighted by Crippen LogP contribution is 2.35. The van der Waals surface area contributed by atoms with Crippen LogP contribution in [0.1, 0.15) is 6.42 Å². The maximum Gasteiger partial charge on any atom is 0.296 e. The standard InChI is InChI=1S/C12H14N2O4S/c1-18-9-2-3-10(11(5-9)14(16)17)13-6-8(7-19)4-12(13)15/h2-3,5,8,19H,4,6-7H2,1H3. The summed E-state index contributed by atoms with van der Waals surface area (Å²) in [6.45, 7) is 0.468. The van der Waals surface area contributed by atoms with Gasteiger partial charge in [0, 0.05) is 13.0 Å². The van der Waals surface area contributed by atoms with Crippen molar-refractivity contribution in [2.24, 2.45) is 5.92 Å². The van der Waals surface area contributed by atoms with E-state index in [1.807, 2.05) is 0 Å². The molecule has 2 rings (SSSR count). The van der Waals surface area contributed by atoms with Crippen LogP contribution in [0.5, 0.6) is 5.75 Å². The molecule has 6 nitrogen and oxygen atoms in total. The maximum atomic E-state index is 11.9. The van der Waals surface area contributed by atoms with Crippen molar-refractivity contribution in [2.45, 2.75) is 6.42 Å². The van der Waals surface area contributed by atoms with Gasteiger partial charge in [0.15, 0.2) is 0 Å². The van der Waals surface area contributed by atoms with Gasteiger partial charge in [0.25, 0.3) is 5.69 Å². The predicted molar refractivity (Wildman–Crippen MR) is 74.0 cm³/mol. The molecule has 1 atom stereocenters. The number of ether oxygens (including phenoxy) is 1. The number of nitro benzene ring substituents is 1. The number of amides is 1. The largest absolute Gasteiger partial charge is 0.496 e. The summed E-state index contributed by atoms with van der Waals surface area (Å²) in [6.07, 6.45) is 0.382. The molecule has 1 aliphatic rings. The molecule has 0 N–H and O–H groups in total. The Balaban J connectivity index is 2.39. The number of rotatable bonds is 4. The topological polar surface area (TPSA) is 72.7 Å². The van der Waals surface area contributed by atoms with Crippen molar-refractivity contribution in [1.29, 1.82) is 0 Å². The number of methoxy groups -OCH3 is 1. The molecule has 0 radical (unpaired) electrons. The molecule has 0 saturated carbocycles. The van der Waals surface area contributed by atoms with Crippen molar-refractivity contribution >= 4 is 29.9 Å². The zero-order valence-electron chi connectivity index (χ0n) is 10.4. The first-order valence-corrected chi connectivity index (χ1v) is 6.43. The lowest BCUT2D eigenvalue weighted by molar-refractivity contribution is -0.384. The molecule has 1 amide bonds. The van der Waals surface area contributed by atoms with Crippen molar-refractivity contribution in [3.8, 4) is 5.75 Å². The second kappa shape index (κ2) is 5.48. The first kappa shape index (κ1) is 13.7. The zero-order valence-corrected chi connectivity index (χ0v) is 11.3. The Labute approximate surface area is 115 Å². The molecule has 1 aromatic carbocycles. The lowest BCUT2D eigenvalue weighted by Gasteiger charge is -2.16. The minimum atomic E-state index is -0.501. The fraction of sp³-hybridized carbons (Fsp3) is 0.417. The number of thiol groups is 1. The summed E-state index contributed by atoms with van der Waals surface area (Å²) in [5.74, 6) is 1.02. The normalized spacial score (nSPS) is 18.7. The molecule has 1 unspecified atom stereocenters. The quantitative estimate of drug-likeness (QED) is 0.520. The van der Waals surface area contributed by atoms with Crippen LogP contribution in [0.2, 0.25) is 0 Å². The molecule has 1 aliphatic heterocycles. The lowest BCUT2D eigenvalue weighted by atomic mass is 10.1. The SMILES string of the molecule is COc1ccc(N2CC(CS)CC2=O)c([N+](=O)[O-])c1. The molecule has 0 aromatic heterocycles. The van der Waals surface area contributed by atoms with Crippen LogP contribution >= 0.6 is 12.6 Å². The highest BCUT2D eigenvalue weighted by molar-refractivity contribution is 7.80. The molecule has 19 heavy (non-hydrogen) atoms. The summed E-state index contributed by atoms with van der Waals surface area (Å²) >= 11 is 4.17. The van der Waals surface area contributed by atoms with Crippen molar-refractivity contribution in [2.75, 3.05) is 24.3 Å². The van der Waals surface area contributed by atoms with Crippen LogP contribution in [0, 0.1) is 16.0 Å². The van der Waals surface area contributed by atoms with Gasteiger partial charge in [-0.3, -0.25) is 14.9 Å². The molecule has 0 aliphatic carbocycles. The third-order valence-corrected chi connectivity index (χ3v) is 3.65. The molecule has 7 heteroatoms. The van der Waals surface area contributed by atoms with E-state index in [0.29, 0.717) is 30.2 Å². The van der Waals surface area contributed by atoms with E-state index in [0.717, 1.165) is 0 Å². The number of hydrogen-bond donors (Lipinski definition) is 1. The second-order valence-corrected chi connectivity index (χ2v) is 4.73. The van der Waals surface area contributed by atoms with E-state index < -0.39 is 4.92 Å². The second-order valence-electron chi connectivity index (χ2n) is 4.37. The number of carbonyl (C=O) groups is 1. The molecular formula is C12H14N2O4S. The lowest BCUT2D eigenvalue weighted by Crippen LogP contribution is -2.25. The zero-order chi connectivity index (χ0) is 14.0. The van der Waals surface area contributed by atoms with Gasteiger partial charge in [-0.15, -0.1) is 0 Å². The number of anilines is 1. The highest BCUT2D eigenvalue weighted by atomic mass is 32.1. The molecule has 0 spiro atoms. The molecule has 0 bridgehead atoms. The van der Waals surface area contributed by atoms with Gasteiger partial charge in [-0.2, -0.15) is 12.6 Å². The monoisotopic (exact) mass is 282 g/mol. The first-order chi connectivity index (χ1) is 9.06. The summed E-state index contributed by atoms with van der Waals surface area (Å²) in [5.41, 5.74) is 0.201. The van der Waals surface area contributed by atoms with Crippen molar-refractivity contribution in [3.63, 3.8) is 0 Å². The number of nitro groups is 1. The maximum absolute atomic E-state index is 11.9. The van der Waals surface area contributed by atoms with Gasteiger partial charge in [-0.1, -0.05) is 0 Å².